The summed E-state index contributed by atoms with van der Waals surface area (Å²) >= 11 is 0. The largest absolute Gasteiger partial charge is 0.496 e. The van der Waals surface area contributed by atoms with E-state index in [1.165, 1.54) is 0 Å². The maximum atomic E-state index is 9.84. The van der Waals surface area contributed by atoms with Crippen molar-refractivity contribution in [2.75, 3.05) is 13.7 Å². The van der Waals surface area contributed by atoms with Gasteiger partial charge in [-0.25, -0.2) is 0 Å². The average Bonchev–Trinajstić information content (AvgIpc) is 3.16. The quantitative estimate of drug-likeness (QED) is 0.690. The molecule has 1 aliphatic rings. The minimum Gasteiger partial charge on any atom is -0.496 e. The minimum absolute atomic E-state index is 0.0389. The number of hydrogen-bond acceptors (Lipinski definition) is 6. The molecule has 0 saturated heterocycles. The van der Waals surface area contributed by atoms with Crippen LogP contribution in [0.25, 0.3) is 11.3 Å². The molecule has 0 spiro atoms. The number of aromatic amines is 1. The molecule has 2 aromatic carbocycles. The third kappa shape index (κ3) is 3.15. The second kappa shape index (κ2) is 7.60. The van der Waals surface area contributed by atoms with Crippen molar-refractivity contribution in [3.05, 3.63) is 71.1 Å². The number of nitrogens with zero attached hydrogens (tertiary/aromatic N) is 2. The van der Waals surface area contributed by atoms with Crippen LogP contribution in [0.3, 0.4) is 0 Å². The Labute approximate surface area is 168 Å². The van der Waals surface area contributed by atoms with Crippen molar-refractivity contribution in [1.82, 2.24) is 10.2 Å². The Bertz CT molecular complexity index is 1130. The van der Waals surface area contributed by atoms with Crippen molar-refractivity contribution < 1.29 is 14.2 Å². The topological polar surface area (TPSA) is 106 Å². The molecule has 2 heterocycles. The lowest BCUT2D eigenvalue weighted by Crippen LogP contribution is -2.21. The molecule has 146 valence electrons. The fraction of sp³-hybridized carbons (Fsp3) is 0.182. The van der Waals surface area contributed by atoms with Crippen LogP contribution in [0.15, 0.2) is 60.0 Å². The lowest BCUT2D eigenvalue weighted by atomic mass is 9.82. The second-order valence-corrected chi connectivity index (χ2v) is 6.45. The van der Waals surface area contributed by atoms with Crippen LogP contribution >= 0.6 is 0 Å². The Morgan fingerprint density at radius 1 is 1.24 bits per heavy atom. The number of nitrogens with one attached hydrogen (secondary N) is 1. The van der Waals surface area contributed by atoms with Crippen LogP contribution in [-0.4, -0.2) is 23.9 Å². The Balaban J connectivity index is 1.93. The van der Waals surface area contributed by atoms with Gasteiger partial charge in [0.2, 0.25) is 11.8 Å². The standard InChI is InChI=1S/C22H20N4O3/c1-3-28-14-8-6-7-13(11-14)20-19-18(15-9-4-5-10-17(15)27-2)16(12-23)21(24)29-22(19)26-25-20/h4-11,18H,3,24H2,1-2H3,(H,25,26). The van der Waals surface area contributed by atoms with Gasteiger partial charge in [0.1, 0.15) is 23.1 Å². The minimum atomic E-state index is -0.482. The fourth-order valence-corrected chi connectivity index (χ4v) is 3.59. The molecule has 1 unspecified atom stereocenters. The zero-order valence-corrected chi connectivity index (χ0v) is 16.1. The first kappa shape index (κ1) is 18.4. The van der Waals surface area contributed by atoms with E-state index in [1.54, 1.807) is 7.11 Å². The van der Waals surface area contributed by atoms with Gasteiger partial charge in [0.15, 0.2) is 0 Å². The predicted molar refractivity (Wildman–Crippen MR) is 107 cm³/mol. The molecule has 0 amide bonds. The summed E-state index contributed by atoms with van der Waals surface area (Å²) in [6.07, 6.45) is 0. The van der Waals surface area contributed by atoms with Crippen LogP contribution in [0.5, 0.6) is 17.4 Å². The van der Waals surface area contributed by atoms with Crippen LogP contribution < -0.4 is 19.9 Å². The highest BCUT2D eigenvalue weighted by atomic mass is 16.5. The van der Waals surface area contributed by atoms with Crippen molar-refractivity contribution in [3.63, 3.8) is 0 Å². The normalized spacial score (nSPS) is 15.3. The van der Waals surface area contributed by atoms with Crippen molar-refractivity contribution in [3.8, 4) is 34.7 Å². The van der Waals surface area contributed by atoms with E-state index in [-0.39, 0.29) is 5.88 Å². The average molecular weight is 388 g/mol. The van der Waals surface area contributed by atoms with E-state index in [2.05, 4.69) is 16.3 Å². The number of methoxy groups -OCH3 is 1. The molecule has 4 rings (SSSR count). The molecule has 0 saturated carbocycles. The Kier molecular flexibility index (Phi) is 4.83. The van der Waals surface area contributed by atoms with E-state index >= 15 is 0 Å². The molecular weight excluding hydrogens is 368 g/mol. The summed E-state index contributed by atoms with van der Waals surface area (Å²) in [7, 11) is 1.60. The van der Waals surface area contributed by atoms with Gasteiger partial charge in [-0.1, -0.05) is 30.3 Å². The number of nitrogens with two attached hydrogens (primary N) is 1. The van der Waals surface area contributed by atoms with Gasteiger partial charge in [0.25, 0.3) is 0 Å². The third-order valence-electron chi connectivity index (χ3n) is 4.82. The van der Waals surface area contributed by atoms with E-state index in [9.17, 15) is 5.26 Å². The van der Waals surface area contributed by atoms with Crippen LogP contribution in [0, 0.1) is 11.3 Å². The second-order valence-electron chi connectivity index (χ2n) is 6.45. The molecule has 7 nitrogen and oxygen atoms in total. The Hall–Kier alpha value is -3.92. The lowest BCUT2D eigenvalue weighted by molar-refractivity contribution is 0.340. The Morgan fingerprint density at radius 2 is 2.07 bits per heavy atom. The maximum absolute atomic E-state index is 9.84. The van der Waals surface area contributed by atoms with E-state index < -0.39 is 5.92 Å². The van der Waals surface area contributed by atoms with E-state index in [4.69, 9.17) is 19.9 Å². The molecule has 3 N–H and O–H groups in total. The summed E-state index contributed by atoms with van der Waals surface area (Å²) in [5.74, 6) is 1.30. The number of para-hydroxylation sites is 1. The number of allylic oxidation sites excluding steroid dienone is 1. The smallest absolute Gasteiger partial charge is 0.244 e. The summed E-state index contributed by atoms with van der Waals surface area (Å²) in [4.78, 5) is 0. The highest BCUT2D eigenvalue weighted by Crippen LogP contribution is 2.47. The molecule has 0 fully saturated rings. The fourth-order valence-electron chi connectivity index (χ4n) is 3.59. The highest BCUT2D eigenvalue weighted by Gasteiger charge is 2.37. The van der Waals surface area contributed by atoms with E-state index in [0.717, 1.165) is 28.1 Å². The summed E-state index contributed by atoms with van der Waals surface area (Å²) in [6, 6.07) is 17.4. The number of H-pyrrole nitrogens is 1. The van der Waals surface area contributed by atoms with Crippen LogP contribution in [0.2, 0.25) is 0 Å². The zero-order chi connectivity index (χ0) is 20.4. The van der Waals surface area contributed by atoms with Crippen LogP contribution in [0.1, 0.15) is 24.0 Å². The van der Waals surface area contributed by atoms with Gasteiger partial charge in [-0.2, -0.15) is 5.26 Å². The molecule has 3 aromatic rings. The van der Waals surface area contributed by atoms with Gasteiger partial charge in [-0.15, -0.1) is 5.10 Å². The van der Waals surface area contributed by atoms with Gasteiger partial charge in [-0.05, 0) is 25.1 Å². The third-order valence-corrected chi connectivity index (χ3v) is 4.82. The number of nitriles is 1. The van der Waals surface area contributed by atoms with Crippen LogP contribution in [-0.2, 0) is 0 Å². The monoisotopic (exact) mass is 388 g/mol. The van der Waals surface area contributed by atoms with Crippen LogP contribution in [0.4, 0.5) is 0 Å². The number of hydrogen-bond donors (Lipinski definition) is 2. The first-order chi connectivity index (χ1) is 14.2. The molecule has 1 atom stereocenters. The number of aromatic nitrogens is 2. The van der Waals surface area contributed by atoms with Gasteiger partial charge >= 0.3 is 0 Å². The molecular formula is C22H20N4O3. The number of benzene rings is 2. The Morgan fingerprint density at radius 3 is 2.83 bits per heavy atom. The molecule has 0 radical (unpaired) electrons. The zero-order valence-electron chi connectivity index (χ0n) is 16.1. The molecule has 1 aliphatic heterocycles. The molecule has 29 heavy (non-hydrogen) atoms. The predicted octanol–water partition coefficient (Wildman–Crippen LogP) is 3.70. The summed E-state index contributed by atoms with van der Waals surface area (Å²) < 4.78 is 16.8. The van der Waals surface area contributed by atoms with E-state index in [0.29, 0.717) is 23.8 Å². The summed E-state index contributed by atoms with van der Waals surface area (Å²) in [6.45, 7) is 2.50. The lowest BCUT2D eigenvalue weighted by Gasteiger charge is -2.25. The maximum Gasteiger partial charge on any atom is 0.244 e. The number of rotatable bonds is 5. The van der Waals surface area contributed by atoms with Crippen molar-refractivity contribution in [2.24, 2.45) is 5.73 Å². The molecule has 7 heteroatoms. The van der Waals surface area contributed by atoms with Gasteiger partial charge < -0.3 is 19.9 Å². The molecule has 0 bridgehead atoms. The first-order valence-corrected chi connectivity index (χ1v) is 9.19. The number of ether oxygens (including phenoxy) is 3. The van der Waals surface area contributed by atoms with Crippen molar-refractivity contribution in [1.29, 1.82) is 5.26 Å². The van der Waals surface area contributed by atoms with Gasteiger partial charge in [0, 0.05) is 11.1 Å². The van der Waals surface area contributed by atoms with Crippen molar-refractivity contribution >= 4 is 0 Å². The first-order valence-electron chi connectivity index (χ1n) is 9.19. The van der Waals surface area contributed by atoms with E-state index in [1.807, 2.05) is 55.5 Å². The molecule has 1 aromatic heterocycles. The number of fused-ring (bicyclic) bond motifs is 1. The van der Waals surface area contributed by atoms with Gasteiger partial charge in [0.05, 0.1) is 30.9 Å². The highest BCUT2D eigenvalue weighted by molar-refractivity contribution is 5.72. The van der Waals surface area contributed by atoms with Crippen molar-refractivity contribution in [2.45, 2.75) is 12.8 Å². The van der Waals surface area contributed by atoms with Gasteiger partial charge in [-0.3, -0.25) is 5.10 Å². The SMILES string of the molecule is CCOc1cccc(-c2[nH]nc3c2C(c2ccccc2OC)C(C#N)=C(N)O3)c1. The summed E-state index contributed by atoms with van der Waals surface area (Å²) in [5, 5.41) is 17.2. The molecule has 0 aliphatic carbocycles. The summed E-state index contributed by atoms with van der Waals surface area (Å²) in [5.41, 5.74) is 9.51.